The average molecular weight is 212 g/mol. The van der Waals surface area contributed by atoms with Gasteiger partial charge in [0, 0.05) is 4.88 Å². The van der Waals surface area contributed by atoms with E-state index in [-0.39, 0.29) is 0 Å². The molecule has 0 spiro atoms. The first-order chi connectivity index (χ1) is 6.74. The van der Waals surface area contributed by atoms with E-state index in [0.717, 1.165) is 0 Å². The van der Waals surface area contributed by atoms with Gasteiger partial charge in [0.2, 0.25) is 0 Å². The number of nitrogens with one attached hydrogen (secondary N) is 1. The lowest BCUT2D eigenvalue weighted by Crippen LogP contribution is -2.33. The van der Waals surface area contributed by atoms with Crippen LogP contribution < -0.4 is 11.3 Å². The van der Waals surface area contributed by atoms with Crippen molar-refractivity contribution in [3.63, 3.8) is 0 Å². The molecular weight excluding hydrogens is 192 g/mol. The summed E-state index contributed by atoms with van der Waals surface area (Å²) in [5, 5.41) is 2.14. The lowest BCUT2D eigenvalue weighted by Gasteiger charge is -2.24. The Hall–Kier alpha value is -0.380. The molecule has 0 aliphatic heterocycles. The van der Waals surface area contributed by atoms with E-state index in [4.69, 9.17) is 5.84 Å². The lowest BCUT2D eigenvalue weighted by molar-refractivity contribution is 0.349. The highest BCUT2D eigenvalue weighted by Crippen LogP contribution is 2.32. The molecule has 0 saturated carbocycles. The van der Waals surface area contributed by atoms with E-state index in [1.54, 1.807) is 11.3 Å². The number of hydrazine groups is 1. The molecule has 0 saturated heterocycles. The Labute approximate surface area is 90.5 Å². The molecule has 2 nitrogen and oxygen atoms in total. The van der Waals surface area contributed by atoms with E-state index in [1.807, 2.05) is 0 Å². The minimum Gasteiger partial charge on any atom is -0.271 e. The van der Waals surface area contributed by atoms with Crippen molar-refractivity contribution in [1.82, 2.24) is 5.43 Å². The van der Waals surface area contributed by atoms with Crippen molar-refractivity contribution in [3.8, 4) is 0 Å². The Bertz CT molecular complexity index is 266. The van der Waals surface area contributed by atoms with Gasteiger partial charge in [-0.1, -0.05) is 26.7 Å². The van der Waals surface area contributed by atoms with E-state index < -0.39 is 0 Å². The van der Waals surface area contributed by atoms with Crippen LogP contribution in [-0.4, -0.2) is 0 Å². The molecule has 0 bridgehead atoms. The predicted octanol–water partition coefficient (Wildman–Crippen LogP) is 3.00. The summed E-state index contributed by atoms with van der Waals surface area (Å²) in [6, 6.07) is 2.48. The Balaban J connectivity index is 2.86. The monoisotopic (exact) mass is 212 g/mol. The third-order valence-electron chi connectivity index (χ3n) is 2.88. The molecule has 3 heteroatoms. The van der Waals surface area contributed by atoms with Gasteiger partial charge >= 0.3 is 0 Å². The molecule has 0 amide bonds. The molecule has 1 rings (SSSR count). The first-order valence-corrected chi connectivity index (χ1v) is 6.12. The zero-order valence-corrected chi connectivity index (χ0v) is 10.0. The molecule has 0 fully saturated rings. The highest BCUT2D eigenvalue weighted by molar-refractivity contribution is 7.10. The highest BCUT2D eigenvalue weighted by Gasteiger charge is 2.21. The predicted molar refractivity (Wildman–Crippen MR) is 63.2 cm³/mol. The smallest absolute Gasteiger partial charge is 0.0583 e. The zero-order chi connectivity index (χ0) is 10.6. The third kappa shape index (κ3) is 2.35. The first kappa shape index (κ1) is 11.7. The van der Waals surface area contributed by atoms with E-state index in [1.165, 1.54) is 23.3 Å². The van der Waals surface area contributed by atoms with Gasteiger partial charge in [0.05, 0.1) is 6.04 Å². The van der Waals surface area contributed by atoms with E-state index in [9.17, 15) is 0 Å². The van der Waals surface area contributed by atoms with Crippen molar-refractivity contribution in [2.75, 3.05) is 0 Å². The maximum absolute atomic E-state index is 5.64. The van der Waals surface area contributed by atoms with Gasteiger partial charge in [-0.2, -0.15) is 0 Å². The second-order valence-corrected chi connectivity index (χ2v) is 4.64. The number of thiophene rings is 1. The normalized spacial score (nSPS) is 13.5. The summed E-state index contributed by atoms with van der Waals surface area (Å²) in [4.78, 5) is 1.39. The SMILES string of the molecule is CCC(CC)C(NN)c1sccc1C. The summed E-state index contributed by atoms with van der Waals surface area (Å²) in [6.45, 7) is 6.60. The topological polar surface area (TPSA) is 38.0 Å². The summed E-state index contributed by atoms with van der Waals surface area (Å²) in [5.41, 5.74) is 4.31. The van der Waals surface area contributed by atoms with E-state index >= 15 is 0 Å². The second-order valence-electron chi connectivity index (χ2n) is 3.69. The van der Waals surface area contributed by atoms with Crippen molar-refractivity contribution >= 4 is 11.3 Å². The molecule has 0 aromatic carbocycles. The summed E-state index contributed by atoms with van der Waals surface area (Å²) in [6.07, 6.45) is 2.34. The van der Waals surface area contributed by atoms with E-state index in [0.29, 0.717) is 12.0 Å². The largest absolute Gasteiger partial charge is 0.271 e. The van der Waals surface area contributed by atoms with Gasteiger partial charge in [0.1, 0.15) is 0 Å². The van der Waals surface area contributed by atoms with Gasteiger partial charge in [0.15, 0.2) is 0 Å². The number of rotatable bonds is 5. The highest BCUT2D eigenvalue weighted by atomic mass is 32.1. The van der Waals surface area contributed by atoms with Gasteiger partial charge in [-0.05, 0) is 29.9 Å². The van der Waals surface area contributed by atoms with Crippen LogP contribution in [0.3, 0.4) is 0 Å². The Morgan fingerprint density at radius 2 is 2.07 bits per heavy atom. The molecule has 0 aliphatic carbocycles. The van der Waals surface area contributed by atoms with Crippen LogP contribution in [0.1, 0.15) is 43.2 Å². The molecule has 3 N–H and O–H groups in total. The van der Waals surface area contributed by atoms with Crippen LogP contribution in [0.4, 0.5) is 0 Å². The molecule has 0 radical (unpaired) electrons. The second kappa shape index (κ2) is 5.49. The van der Waals surface area contributed by atoms with Crippen LogP contribution in [0.15, 0.2) is 11.4 Å². The maximum Gasteiger partial charge on any atom is 0.0583 e. The first-order valence-electron chi connectivity index (χ1n) is 5.24. The summed E-state index contributed by atoms with van der Waals surface area (Å²) < 4.78 is 0. The molecule has 1 aromatic rings. The molecule has 14 heavy (non-hydrogen) atoms. The molecule has 1 aromatic heterocycles. The van der Waals surface area contributed by atoms with Gasteiger partial charge < -0.3 is 0 Å². The van der Waals surface area contributed by atoms with Crippen LogP contribution in [0.2, 0.25) is 0 Å². The van der Waals surface area contributed by atoms with Crippen LogP contribution in [0.25, 0.3) is 0 Å². The maximum atomic E-state index is 5.64. The van der Waals surface area contributed by atoms with Crippen molar-refractivity contribution in [1.29, 1.82) is 0 Å². The van der Waals surface area contributed by atoms with Crippen molar-refractivity contribution in [2.45, 2.75) is 39.7 Å². The number of hydrogen-bond acceptors (Lipinski definition) is 3. The molecule has 1 unspecified atom stereocenters. The van der Waals surface area contributed by atoms with E-state index in [2.05, 4.69) is 37.6 Å². The third-order valence-corrected chi connectivity index (χ3v) is 3.99. The van der Waals surface area contributed by atoms with Crippen LogP contribution in [-0.2, 0) is 0 Å². The van der Waals surface area contributed by atoms with Crippen LogP contribution >= 0.6 is 11.3 Å². The molecular formula is C11H20N2S. The number of hydrogen-bond donors (Lipinski definition) is 2. The van der Waals surface area contributed by atoms with Crippen molar-refractivity contribution < 1.29 is 0 Å². The number of nitrogens with two attached hydrogens (primary N) is 1. The molecule has 80 valence electrons. The van der Waals surface area contributed by atoms with Gasteiger partial charge in [-0.15, -0.1) is 11.3 Å². The summed E-state index contributed by atoms with van der Waals surface area (Å²) in [7, 11) is 0. The molecule has 1 heterocycles. The summed E-state index contributed by atoms with van der Waals surface area (Å²) in [5.74, 6) is 6.28. The fourth-order valence-electron chi connectivity index (χ4n) is 1.89. The standard InChI is InChI=1S/C11H20N2S/c1-4-9(5-2)10(13-12)11-8(3)6-7-14-11/h6-7,9-10,13H,4-5,12H2,1-3H3. The quantitative estimate of drug-likeness (QED) is 0.581. The van der Waals surface area contributed by atoms with Gasteiger partial charge in [-0.25, -0.2) is 0 Å². The molecule has 0 aliphatic rings. The average Bonchev–Trinajstić information content (AvgIpc) is 2.61. The van der Waals surface area contributed by atoms with Crippen molar-refractivity contribution in [3.05, 3.63) is 21.9 Å². The summed E-state index contributed by atoms with van der Waals surface area (Å²) >= 11 is 1.80. The minimum atomic E-state index is 0.324. The lowest BCUT2D eigenvalue weighted by atomic mass is 9.92. The number of aryl methyl sites for hydroxylation is 1. The van der Waals surface area contributed by atoms with Crippen molar-refractivity contribution in [2.24, 2.45) is 11.8 Å². The minimum absolute atomic E-state index is 0.324. The van der Waals surface area contributed by atoms with Gasteiger partial charge in [0.25, 0.3) is 0 Å². The van der Waals surface area contributed by atoms with Gasteiger partial charge in [-0.3, -0.25) is 11.3 Å². The Morgan fingerprint density at radius 1 is 1.43 bits per heavy atom. The fraction of sp³-hybridized carbons (Fsp3) is 0.636. The molecule has 1 atom stereocenters. The Kier molecular flexibility index (Phi) is 4.58. The fourth-order valence-corrected chi connectivity index (χ4v) is 2.97. The van der Waals surface area contributed by atoms with Crippen LogP contribution in [0, 0.1) is 12.8 Å². The zero-order valence-electron chi connectivity index (χ0n) is 9.21. The van der Waals surface area contributed by atoms with Crippen LogP contribution in [0.5, 0.6) is 0 Å². The Morgan fingerprint density at radius 3 is 2.43 bits per heavy atom.